The molecule has 1 atom stereocenters. The van der Waals surface area contributed by atoms with Gasteiger partial charge in [-0.1, -0.05) is 41.9 Å². The standard InChI is InChI=1S/C23H25ClFN5O2/c24-18-19-16(21(31)30(27)22(32)29(19)15-6-7-15)10-17(25)20(18)28-9-8-23(12-26,13-28)11-14-4-2-1-3-5-14/h1-5,10,15H,6-9,11-13,26-27H2. The maximum Gasteiger partial charge on any atom is 0.350 e. The minimum absolute atomic E-state index is 0.0128. The highest BCUT2D eigenvalue weighted by atomic mass is 35.5. The molecule has 0 amide bonds. The van der Waals surface area contributed by atoms with Gasteiger partial charge in [0.25, 0.3) is 5.56 Å². The van der Waals surface area contributed by atoms with Crippen LogP contribution in [0.15, 0.2) is 46.0 Å². The summed E-state index contributed by atoms with van der Waals surface area (Å²) < 4.78 is 17.3. The first-order valence-electron chi connectivity index (χ1n) is 10.8. The lowest BCUT2D eigenvalue weighted by molar-refractivity contribution is 0.337. The van der Waals surface area contributed by atoms with Crippen molar-refractivity contribution in [1.29, 1.82) is 0 Å². The van der Waals surface area contributed by atoms with Crippen LogP contribution >= 0.6 is 11.6 Å². The van der Waals surface area contributed by atoms with Crippen molar-refractivity contribution in [3.63, 3.8) is 0 Å². The van der Waals surface area contributed by atoms with Crippen LogP contribution in [0, 0.1) is 11.2 Å². The normalized spacial score (nSPS) is 20.9. The lowest BCUT2D eigenvalue weighted by Gasteiger charge is -2.29. The summed E-state index contributed by atoms with van der Waals surface area (Å²) >= 11 is 6.74. The zero-order chi connectivity index (χ0) is 22.6. The van der Waals surface area contributed by atoms with E-state index >= 15 is 4.39 Å². The number of nitrogen functional groups attached to an aromatic ring is 1. The van der Waals surface area contributed by atoms with Gasteiger partial charge in [-0.2, -0.15) is 4.68 Å². The molecule has 1 unspecified atom stereocenters. The number of nitrogens with two attached hydrogens (primary N) is 2. The number of hydrogen-bond acceptors (Lipinski definition) is 5. The molecule has 1 saturated carbocycles. The Balaban J connectivity index is 1.61. The molecule has 168 valence electrons. The molecule has 32 heavy (non-hydrogen) atoms. The van der Waals surface area contributed by atoms with Crippen LogP contribution in [0.5, 0.6) is 0 Å². The van der Waals surface area contributed by atoms with Gasteiger partial charge in [0.2, 0.25) is 0 Å². The number of halogens is 2. The predicted octanol–water partition coefficient (Wildman–Crippen LogP) is 2.40. The fourth-order valence-corrected chi connectivity index (χ4v) is 5.33. The third-order valence-corrected chi connectivity index (χ3v) is 7.15. The van der Waals surface area contributed by atoms with E-state index in [0.717, 1.165) is 31.7 Å². The third-order valence-electron chi connectivity index (χ3n) is 6.79. The third kappa shape index (κ3) is 3.29. The molecule has 3 aromatic rings. The zero-order valence-electron chi connectivity index (χ0n) is 17.6. The van der Waals surface area contributed by atoms with Crippen molar-refractivity contribution in [2.75, 3.05) is 30.4 Å². The highest BCUT2D eigenvalue weighted by Gasteiger charge is 2.39. The molecule has 2 aliphatic rings. The van der Waals surface area contributed by atoms with Gasteiger partial charge in [0.1, 0.15) is 5.82 Å². The fourth-order valence-electron chi connectivity index (χ4n) is 4.92. The summed E-state index contributed by atoms with van der Waals surface area (Å²) in [6, 6.07) is 11.2. The van der Waals surface area contributed by atoms with Gasteiger partial charge in [0, 0.05) is 31.1 Å². The number of hydrogen-bond donors (Lipinski definition) is 2. The van der Waals surface area contributed by atoms with Gasteiger partial charge < -0.3 is 16.5 Å². The summed E-state index contributed by atoms with van der Waals surface area (Å²) in [6.45, 7) is 1.56. The Morgan fingerprint density at radius 1 is 1.19 bits per heavy atom. The van der Waals surface area contributed by atoms with Crippen LogP contribution < -0.4 is 27.7 Å². The molecule has 1 aliphatic heterocycles. The maximum atomic E-state index is 15.3. The Bertz CT molecular complexity index is 1320. The summed E-state index contributed by atoms with van der Waals surface area (Å²) in [5.41, 5.74) is 6.24. The smallest absolute Gasteiger partial charge is 0.350 e. The first-order valence-corrected chi connectivity index (χ1v) is 11.2. The second-order valence-electron chi connectivity index (χ2n) is 9.01. The van der Waals surface area contributed by atoms with E-state index in [2.05, 4.69) is 12.1 Å². The van der Waals surface area contributed by atoms with Crippen molar-refractivity contribution in [2.24, 2.45) is 11.1 Å². The van der Waals surface area contributed by atoms with E-state index < -0.39 is 17.1 Å². The summed E-state index contributed by atoms with van der Waals surface area (Å²) in [6.07, 6.45) is 3.13. The van der Waals surface area contributed by atoms with Crippen LogP contribution in [0.25, 0.3) is 10.9 Å². The molecule has 0 bridgehead atoms. The molecule has 0 spiro atoms. The molecule has 0 radical (unpaired) electrons. The topological polar surface area (TPSA) is 99.3 Å². The quantitative estimate of drug-likeness (QED) is 0.573. The van der Waals surface area contributed by atoms with Gasteiger partial charge in [0.15, 0.2) is 0 Å². The zero-order valence-corrected chi connectivity index (χ0v) is 18.3. The van der Waals surface area contributed by atoms with E-state index in [1.54, 1.807) is 0 Å². The minimum atomic E-state index is -0.754. The van der Waals surface area contributed by atoms with Crippen LogP contribution in [-0.4, -0.2) is 28.9 Å². The van der Waals surface area contributed by atoms with Gasteiger partial charge in [-0.15, -0.1) is 0 Å². The van der Waals surface area contributed by atoms with Gasteiger partial charge in [0.05, 0.1) is 21.6 Å². The summed E-state index contributed by atoms with van der Waals surface area (Å²) in [5.74, 6) is 5.08. The van der Waals surface area contributed by atoms with Gasteiger partial charge in [-0.25, -0.2) is 9.18 Å². The summed E-state index contributed by atoms with van der Waals surface area (Å²) in [4.78, 5) is 27.2. The van der Waals surface area contributed by atoms with Gasteiger partial charge in [-0.05, 0) is 37.3 Å². The fraction of sp³-hybridized carbons (Fsp3) is 0.391. The number of nitrogens with zero attached hydrogens (tertiary/aromatic N) is 3. The van der Waals surface area contributed by atoms with Crippen LogP contribution in [0.1, 0.15) is 30.9 Å². The first kappa shape index (κ1) is 21.0. The van der Waals surface area contributed by atoms with Gasteiger partial charge >= 0.3 is 5.69 Å². The lowest BCUT2D eigenvalue weighted by Crippen LogP contribution is -2.44. The number of benzene rings is 2. The molecule has 5 rings (SSSR count). The lowest BCUT2D eigenvalue weighted by atomic mass is 9.81. The monoisotopic (exact) mass is 457 g/mol. The Kier molecular flexibility index (Phi) is 5.02. The van der Waals surface area contributed by atoms with E-state index in [1.165, 1.54) is 10.1 Å². The molecule has 4 N–H and O–H groups in total. The van der Waals surface area contributed by atoms with Gasteiger partial charge in [-0.3, -0.25) is 9.36 Å². The highest BCUT2D eigenvalue weighted by molar-refractivity contribution is 6.38. The van der Waals surface area contributed by atoms with E-state index in [-0.39, 0.29) is 33.1 Å². The number of fused-ring (bicyclic) bond motifs is 1. The van der Waals surface area contributed by atoms with E-state index in [9.17, 15) is 9.59 Å². The molecule has 9 heteroatoms. The second-order valence-corrected chi connectivity index (χ2v) is 9.39. The molecular weight excluding hydrogens is 433 g/mol. The molecule has 2 fully saturated rings. The van der Waals surface area contributed by atoms with Crippen molar-refractivity contribution in [3.05, 3.63) is 73.6 Å². The Morgan fingerprint density at radius 3 is 2.56 bits per heavy atom. The average molecular weight is 458 g/mol. The SMILES string of the molecule is NCC1(Cc2ccccc2)CCN(c2c(F)cc3c(=O)n(N)c(=O)n(C4CC4)c3c2Cl)C1. The largest absolute Gasteiger partial charge is 0.367 e. The predicted molar refractivity (Wildman–Crippen MR) is 124 cm³/mol. The number of rotatable bonds is 5. The minimum Gasteiger partial charge on any atom is -0.367 e. The van der Waals surface area contributed by atoms with Crippen LogP contribution in [0.4, 0.5) is 10.1 Å². The molecule has 1 aromatic heterocycles. The number of aromatic nitrogens is 2. The average Bonchev–Trinajstić information content (AvgIpc) is 3.54. The second kappa shape index (κ2) is 7.64. The summed E-state index contributed by atoms with van der Waals surface area (Å²) in [5, 5.41) is 0.0908. The van der Waals surface area contributed by atoms with Crippen LogP contribution in [-0.2, 0) is 6.42 Å². The molecule has 1 aliphatic carbocycles. The van der Waals surface area contributed by atoms with E-state index in [0.29, 0.717) is 24.3 Å². The highest BCUT2D eigenvalue weighted by Crippen LogP contribution is 2.43. The Labute approximate surface area is 189 Å². The van der Waals surface area contributed by atoms with E-state index in [4.69, 9.17) is 23.2 Å². The molecular formula is C23H25ClFN5O2. The maximum absolute atomic E-state index is 15.3. The van der Waals surface area contributed by atoms with Crippen LogP contribution in [0.3, 0.4) is 0 Å². The Morgan fingerprint density at radius 2 is 1.91 bits per heavy atom. The number of anilines is 1. The Hall–Kier alpha value is -2.84. The summed E-state index contributed by atoms with van der Waals surface area (Å²) in [7, 11) is 0. The van der Waals surface area contributed by atoms with Crippen molar-refractivity contribution < 1.29 is 4.39 Å². The van der Waals surface area contributed by atoms with E-state index in [1.807, 2.05) is 23.1 Å². The first-order chi connectivity index (χ1) is 15.3. The van der Waals surface area contributed by atoms with Crippen molar-refractivity contribution in [2.45, 2.75) is 31.7 Å². The molecule has 2 aromatic carbocycles. The van der Waals surface area contributed by atoms with Crippen LogP contribution in [0.2, 0.25) is 5.02 Å². The molecule has 1 saturated heterocycles. The molecule has 7 nitrogen and oxygen atoms in total. The van der Waals surface area contributed by atoms with Crippen molar-refractivity contribution in [3.8, 4) is 0 Å². The molecule has 2 heterocycles. The van der Waals surface area contributed by atoms with Crippen molar-refractivity contribution >= 4 is 28.2 Å². The van der Waals surface area contributed by atoms with Crippen molar-refractivity contribution in [1.82, 2.24) is 9.24 Å².